The van der Waals surface area contributed by atoms with Gasteiger partial charge in [-0.2, -0.15) is 0 Å². The van der Waals surface area contributed by atoms with E-state index in [0.717, 1.165) is 18.4 Å². The third-order valence-corrected chi connectivity index (χ3v) is 4.95. The van der Waals surface area contributed by atoms with Crippen molar-refractivity contribution < 1.29 is 9.53 Å². The molecule has 3 rings (SSSR count). The highest BCUT2D eigenvalue weighted by Crippen LogP contribution is 2.16. The molecule has 0 fully saturated rings. The van der Waals surface area contributed by atoms with Gasteiger partial charge >= 0.3 is 6.09 Å². The van der Waals surface area contributed by atoms with E-state index >= 15 is 0 Å². The minimum absolute atomic E-state index is 0.301. The van der Waals surface area contributed by atoms with Crippen molar-refractivity contribution in [3.05, 3.63) is 101 Å². The molecular formula is C27H32N2O2. The van der Waals surface area contributed by atoms with Gasteiger partial charge in [-0.1, -0.05) is 66.7 Å². The number of nitrogens with two attached hydrogens (primary N) is 1. The zero-order valence-electron chi connectivity index (χ0n) is 18.7. The lowest BCUT2D eigenvalue weighted by Gasteiger charge is -2.27. The second-order valence-corrected chi connectivity index (χ2v) is 8.87. The molecule has 0 aliphatic heterocycles. The number of carbonyl (C=O) groups is 1. The smallest absolute Gasteiger partial charge is 0.410 e. The number of carbonyl (C=O) groups excluding carboxylic acids is 1. The molecule has 0 aliphatic carbocycles. The first-order valence-electron chi connectivity index (χ1n) is 10.7. The van der Waals surface area contributed by atoms with Crippen LogP contribution in [0.15, 0.2) is 78.9 Å². The molecule has 4 heteroatoms. The summed E-state index contributed by atoms with van der Waals surface area (Å²) >= 11 is 0. The van der Waals surface area contributed by atoms with Crippen molar-refractivity contribution in [2.24, 2.45) is 0 Å². The summed E-state index contributed by atoms with van der Waals surface area (Å²) in [4.78, 5) is 14.5. The highest BCUT2D eigenvalue weighted by molar-refractivity contribution is 5.68. The lowest BCUT2D eigenvalue weighted by molar-refractivity contribution is 0.0236. The number of hydrogen-bond donors (Lipinski definition) is 1. The van der Waals surface area contributed by atoms with Crippen molar-refractivity contribution in [3.63, 3.8) is 0 Å². The molecule has 1 amide bonds. The molecule has 2 N–H and O–H groups in total. The summed E-state index contributed by atoms with van der Waals surface area (Å²) in [5.41, 5.74) is 10.8. The van der Waals surface area contributed by atoms with Crippen LogP contribution < -0.4 is 5.73 Å². The van der Waals surface area contributed by atoms with Gasteiger partial charge in [0.2, 0.25) is 0 Å². The van der Waals surface area contributed by atoms with Crippen LogP contribution in [0.2, 0.25) is 0 Å². The summed E-state index contributed by atoms with van der Waals surface area (Å²) in [7, 11) is 0. The first-order chi connectivity index (χ1) is 14.8. The van der Waals surface area contributed by atoms with Crippen LogP contribution in [0.3, 0.4) is 0 Å². The van der Waals surface area contributed by atoms with Crippen molar-refractivity contribution in [2.75, 3.05) is 12.3 Å². The Morgan fingerprint density at radius 3 is 1.97 bits per heavy atom. The third-order valence-electron chi connectivity index (χ3n) is 4.95. The van der Waals surface area contributed by atoms with Crippen LogP contribution >= 0.6 is 0 Å². The molecule has 0 unspecified atom stereocenters. The summed E-state index contributed by atoms with van der Waals surface area (Å²) in [5.74, 6) is 0. The highest BCUT2D eigenvalue weighted by atomic mass is 16.6. The van der Waals surface area contributed by atoms with E-state index in [0.29, 0.717) is 18.8 Å². The van der Waals surface area contributed by atoms with E-state index in [1.807, 2.05) is 51.1 Å². The van der Waals surface area contributed by atoms with Crippen LogP contribution in [-0.2, 0) is 24.1 Å². The largest absolute Gasteiger partial charge is 0.444 e. The van der Waals surface area contributed by atoms with Gasteiger partial charge < -0.3 is 15.4 Å². The number of anilines is 1. The van der Waals surface area contributed by atoms with Gasteiger partial charge in [0.1, 0.15) is 5.60 Å². The maximum absolute atomic E-state index is 12.8. The SMILES string of the molecule is CC(C)(C)OC(=O)N(CCc1ccc(Cc2ccccc2)cc1)Cc1ccc(N)cc1. The number of rotatable bonds is 7. The van der Waals surface area contributed by atoms with Gasteiger partial charge in [0, 0.05) is 18.8 Å². The standard InChI is InChI=1S/C27H32N2O2/c1-27(2,3)31-26(30)29(20-24-13-15-25(28)16-14-24)18-17-21-9-11-23(12-10-21)19-22-7-5-4-6-8-22/h4-16H,17-20,28H2,1-3H3. The van der Waals surface area contributed by atoms with Gasteiger partial charge in [0.05, 0.1) is 0 Å². The maximum atomic E-state index is 12.8. The molecule has 3 aromatic rings. The second-order valence-electron chi connectivity index (χ2n) is 8.87. The molecule has 0 bridgehead atoms. The maximum Gasteiger partial charge on any atom is 0.410 e. The molecule has 0 heterocycles. The topological polar surface area (TPSA) is 55.6 Å². The number of benzene rings is 3. The Morgan fingerprint density at radius 1 is 0.806 bits per heavy atom. The molecule has 0 aromatic heterocycles. The molecule has 3 aromatic carbocycles. The van der Waals surface area contributed by atoms with E-state index < -0.39 is 5.60 Å². The minimum atomic E-state index is -0.532. The molecule has 0 radical (unpaired) electrons. The van der Waals surface area contributed by atoms with Gasteiger partial charge in [-0.3, -0.25) is 0 Å². The molecule has 0 saturated carbocycles. The predicted molar refractivity (Wildman–Crippen MR) is 127 cm³/mol. The monoisotopic (exact) mass is 416 g/mol. The van der Waals surface area contributed by atoms with Crippen LogP contribution in [0.25, 0.3) is 0 Å². The van der Waals surface area contributed by atoms with E-state index in [-0.39, 0.29) is 6.09 Å². The Labute approximate surface area is 185 Å². The summed E-state index contributed by atoms with van der Waals surface area (Å²) in [6, 6.07) is 26.7. The molecule has 4 nitrogen and oxygen atoms in total. The summed E-state index contributed by atoms with van der Waals surface area (Å²) < 4.78 is 5.63. The third kappa shape index (κ3) is 7.49. The Morgan fingerprint density at radius 2 is 1.35 bits per heavy atom. The van der Waals surface area contributed by atoms with Crippen molar-refractivity contribution in [1.82, 2.24) is 4.90 Å². The average molecular weight is 417 g/mol. The first kappa shape index (κ1) is 22.4. The molecule has 31 heavy (non-hydrogen) atoms. The molecule has 162 valence electrons. The van der Waals surface area contributed by atoms with Crippen molar-refractivity contribution >= 4 is 11.8 Å². The Hall–Kier alpha value is -3.27. The number of ether oxygens (including phenoxy) is 1. The second kappa shape index (κ2) is 10.2. The van der Waals surface area contributed by atoms with Gasteiger partial charge in [0.15, 0.2) is 0 Å². The molecule has 0 aliphatic rings. The average Bonchev–Trinajstić information content (AvgIpc) is 2.73. The van der Waals surface area contributed by atoms with E-state index in [9.17, 15) is 4.79 Å². The fourth-order valence-corrected chi connectivity index (χ4v) is 3.32. The number of nitrogen functional groups attached to an aromatic ring is 1. The van der Waals surface area contributed by atoms with Crippen molar-refractivity contribution in [2.45, 2.75) is 45.8 Å². The van der Waals surface area contributed by atoms with Crippen LogP contribution in [0.4, 0.5) is 10.5 Å². The summed E-state index contributed by atoms with van der Waals surface area (Å²) in [5, 5.41) is 0. The van der Waals surface area contributed by atoms with Crippen LogP contribution in [0.5, 0.6) is 0 Å². The molecule has 0 saturated heterocycles. The number of amides is 1. The fraction of sp³-hybridized carbons (Fsp3) is 0.296. The van der Waals surface area contributed by atoms with Gasteiger partial charge in [-0.05, 0) is 68.0 Å². The molecule has 0 atom stereocenters. The quantitative estimate of drug-likeness (QED) is 0.492. The Balaban J connectivity index is 1.64. The normalized spacial score (nSPS) is 11.2. The van der Waals surface area contributed by atoms with Crippen LogP contribution in [-0.4, -0.2) is 23.1 Å². The minimum Gasteiger partial charge on any atom is -0.444 e. The Bertz CT molecular complexity index is 959. The van der Waals surface area contributed by atoms with E-state index in [4.69, 9.17) is 10.5 Å². The number of nitrogens with zero attached hydrogens (tertiary/aromatic N) is 1. The zero-order valence-corrected chi connectivity index (χ0v) is 18.7. The number of hydrogen-bond acceptors (Lipinski definition) is 3. The molecular weight excluding hydrogens is 384 g/mol. The Kier molecular flexibility index (Phi) is 7.35. The summed E-state index contributed by atoms with van der Waals surface area (Å²) in [6.07, 6.45) is 1.38. The lowest BCUT2D eigenvalue weighted by atomic mass is 10.0. The van der Waals surface area contributed by atoms with Crippen LogP contribution in [0, 0.1) is 0 Å². The van der Waals surface area contributed by atoms with Gasteiger partial charge in [0.25, 0.3) is 0 Å². The van der Waals surface area contributed by atoms with Gasteiger partial charge in [-0.15, -0.1) is 0 Å². The van der Waals surface area contributed by atoms with Crippen molar-refractivity contribution in [1.29, 1.82) is 0 Å². The van der Waals surface area contributed by atoms with E-state index in [2.05, 4.69) is 48.5 Å². The van der Waals surface area contributed by atoms with Crippen LogP contribution in [0.1, 0.15) is 43.0 Å². The van der Waals surface area contributed by atoms with E-state index in [1.54, 1.807) is 4.90 Å². The predicted octanol–water partition coefficient (Wildman–Crippen LogP) is 5.84. The van der Waals surface area contributed by atoms with Gasteiger partial charge in [-0.25, -0.2) is 4.79 Å². The zero-order chi connectivity index (χ0) is 22.3. The molecule has 0 spiro atoms. The summed E-state index contributed by atoms with van der Waals surface area (Å²) in [6.45, 7) is 6.73. The first-order valence-corrected chi connectivity index (χ1v) is 10.7. The van der Waals surface area contributed by atoms with E-state index in [1.165, 1.54) is 16.7 Å². The lowest BCUT2D eigenvalue weighted by Crippen LogP contribution is -2.37. The van der Waals surface area contributed by atoms with Crippen molar-refractivity contribution in [3.8, 4) is 0 Å². The highest BCUT2D eigenvalue weighted by Gasteiger charge is 2.22. The fourth-order valence-electron chi connectivity index (χ4n) is 3.32.